The van der Waals surface area contributed by atoms with Crippen LogP contribution in [0.4, 0.5) is 0 Å². The normalized spacial score (nSPS) is 30.4. The number of aliphatic hydroxyl groups is 1. The molecule has 2 N–H and O–H groups in total. The van der Waals surface area contributed by atoms with Crippen molar-refractivity contribution in [2.75, 3.05) is 6.61 Å². The summed E-state index contributed by atoms with van der Waals surface area (Å²) in [6, 6.07) is 24.6. The van der Waals surface area contributed by atoms with Gasteiger partial charge in [-0.1, -0.05) is 115 Å². The fourth-order valence-corrected chi connectivity index (χ4v) is 12.3. The lowest BCUT2D eigenvalue weighted by Crippen LogP contribution is -2.80. The summed E-state index contributed by atoms with van der Waals surface area (Å²) in [5, 5.41) is 16.7. The molecule has 1 aliphatic heterocycles. The zero-order chi connectivity index (χ0) is 50.6. The van der Waals surface area contributed by atoms with Gasteiger partial charge in [0.1, 0.15) is 23.9 Å². The Morgan fingerprint density at radius 1 is 0.826 bits per heavy atom. The second kappa shape index (κ2) is 18.7. The Hall–Kier alpha value is -5.48. The first-order chi connectivity index (χ1) is 32.2. The third-order valence-corrected chi connectivity index (χ3v) is 20.6. The summed E-state index contributed by atoms with van der Waals surface area (Å²) in [5.74, 6) is -6.08. The molecule has 3 aromatic carbocycles. The highest BCUT2D eigenvalue weighted by Gasteiger charge is 2.78. The molecule has 1 heterocycles. The maximum atomic E-state index is 15.9. The maximum Gasteiger partial charge on any atom is 0.338 e. The molecule has 3 aliphatic carbocycles. The van der Waals surface area contributed by atoms with Gasteiger partial charge in [0.15, 0.2) is 31.9 Å². The molecule has 2 bridgehead atoms. The summed E-state index contributed by atoms with van der Waals surface area (Å²) in [6.07, 6.45) is -7.04. The predicted molar refractivity (Wildman–Crippen MR) is 257 cm³/mol. The average Bonchev–Trinajstić information content (AvgIpc) is 3.28. The minimum absolute atomic E-state index is 0.152. The molecule has 15 heteroatoms. The number of hydrogen-bond donors (Lipinski definition) is 2. The molecule has 370 valence electrons. The zero-order valence-electron chi connectivity index (χ0n) is 41.7. The summed E-state index contributed by atoms with van der Waals surface area (Å²) in [5.41, 5.74) is -5.49. The number of hydrogen-bond acceptors (Lipinski definition) is 13. The van der Waals surface area contributed by atoms with Gasteiger partial charge in [-0.3, -0.25) is 19.2 Å². The maximum absolute atomic E-state index is 15.9. The summed E-state index contributed by atoms with van der Waals surface area (Å²) < 4.78 is 38.8. The van der Waals surface area contributed by atoms with E-state index < -0.39 is 126 Å². The van der Waals surface area contributed by atoms with Crippen LogP contribution in [0.5, 0.6) is 0 Å². The van der Waals surface area contributed by atoms with Crippen molar-refractivity contribution < 1.29 is 62.0 Å². The molecule has 2 saturated carbocycles. The van der Waals surface area contributed by atoms with E-state index in [-0.39, 0.29) is 24.2 Å². The van der Waals surface area contributed by atoms with Gasteiger partial charge in [-0.05, 0) is 78.4 Å². The highest BCUT2D eigenvalue weighted by Crippen LogP contribution is 2.65. The molecule has 0 aromatic heterocycles. The van der Waals surface area contributed by atoms with Crippen molar-refractivity contribution in [2.45, 2.75) is 148 Å². The molecule has 69 heavy (non-hydrogen) atoms. The Morgan fingerprint density at radius 2 is 1.39 bits per heavy atom. The Morgan fingerprint density at radius 3 is 1.91 bits per heavy atom. The van der Waals surface area contributed by atoms with E-state index in [9.17, 15) is 24.3 Å². The van der Waals surface area contributed by atoms with E-state index in [0.29, 0.717) is 16.7 Å². The van der Waals surface area contributed by atoms with Gasteiger partial charge in [-0.15, -0.1) is 0 Å². The van der Waals surface area contributed by atoms with Gasteiger partial charge in [0.2, 0.25) is 0 Å². The Labute approximate surface area is 405 Å². The molecular weight excluding hydrogens is 899 g/mol. The number of esters is 4. The van der Waals surface area contributed by atoms with Crippen molar-refractivity contribution in [1.29, 1.82) is 0 Å². The number of carbonyl (C=O) groups is 6. The third kappa shape index (κ3) is 9.00. The van der Waals surface area contributed by atoms with Crippen LogP contribution in [0, 0.1) is 22.7 Å². The molecule has 1 amide bonds. The summed E-state index contributed by atoms with van der Waals surface area (Å²) in [4.78, 5) is 86.6. The summed E-state index contributed by atoms with van der Waals surface area (Å²) >= 11 is 0. The molecule has 3 aromatic rings. The summed E-state index contributed by atoms with van der Waals surface area (Å²) in [7, 11) is -2.91. The van der Waals surface area contributed by atoms with Gasteiger partial charge in [-0.25, -0.2) is 9.59 Å². The quantitative estimate of drug-likeness (QED) is 0.0769. The summed E-state index contributed by atoms with van der Waals surface area (Å²) in [6.45, 7) is 20.8. The topological polar surface area (TPSA) is 190 Å². The molecule has 3 fully saturated rings. The van der Waals surface area contributed by atoms with Crippen molar-refractivity contribution in [3.63, 3.8) is 0 Å². The highest BCUT2D eigenvalue weighted by molar-refractivity contribution is 6.74. The Kier molecular flexibility index (Phi) is 13.9. The molecule has 14 nitrogen and oxygen atoms in total. The van der Waals surface area contributed by atoms with Gasteiger partial charge >= 0.3 is 23.9 Å². The SMILES string of the molecule is CC(=O)O[C@H]1C(=O)[C@]2(C)[C@@H](C)CC3OC[C@@]3(OC(C)=O)[C@H]2[C@H](OC(=O)c2ccccc2)[C@]2(O)C[C@H](OC(=O)[C@H](O[Si](C)(C)C(C)(C)C)[C@@H](NC(=O)c3ccccc3)c3ccccc3)C(C)=C1C2(C)C. The fraction of sp³-hybridized carbons (Fsp3) is 0.519. The third-order valence-electron chi connectivity index (χ3n) is 16.1. The standard InChI is InChI=1S/C54H67NO13Si/c1-31-28-39-53(30-63-39,67-34(4)57)44-46(66-48(60)37-26-20-15-21-27-37)54(62)29-38(32(2)40(51(54,8)9)42(64-33(3)56)45(58)52(31,44)10)65-49(61)43(68-69(11,12)50(5,6)7)41(35-22-16-13-17-23-35)55-47(59)36-24-18-14-19-25-36/h13-27,31,38-39,41-44,46,62H,28-30H2,1-12H3,(H,55,59)/t31-,38-,39?,41-,42+,43+,44-,46-,52+,53-,54+/m0/s1. The number of amides is 1. The smallest absolute Gasteiger partial charge is 0.338 e. The number of ketones is 1. The van der Waals surface area contributed by atoms with E-state index in [4.69, 9.17) is 28.1 Å². The molecule has 0 spiro atoms. The lowest BCUT2D eigenvalue weighted by molar-refractivity contribution is -0.340. The lowest BCUT2D eigenvalue weighted by atomic mass is 9.43. The molecule has 11 atom stereocenters. The second-order valence-corrected chi connectivity index (χ2v) is 26.3. The van der Waals surface area contributed by atoms with E-state index in [1.807, 2.05) is 46.9 Å². The van der Waals surface area contributed by atoms with Gasteiger partial charge in [-0.2, -0.15) is 0 Å². The fourth-order valence-electron chi connectivity index (χ4n) is 11.1. The van der Waals surface area contributed by atoms with Crippen LogP contribution in [0.1, 0.15) is 114 Å². The van der Waals surface area contributed by atoms with Crippen LogP contribution >= 0.6 is 0 Å². The van der Waals surface area contributed by atoms with Crippen molar-refractivity contribution in [1.82, 2.24) is 5.32 Å². The number of ether oxygens (including phenoxy) is 5. The Balaban J connectivity index is 1.44. The minimum atomic E-state index is -2.91. The number of fused-ring (bicyclic) bond motifs is 5. The lowest BCUT2D eigenvalue weighted by Gasteiger charge is -2.68. The van der Waals surface area contributed by atoms with Gasteiger partial charge in [0, 0.05) is 36.7 Å². The van der Waals surface area contributed by atoms with E-state index in [1.54, 1.807) is 113 Å². The molecule has 1 unspecified atom stereocenters. The first-order valence-electron chi connectivity index (χ1n) is 23.7. The number of nitrogens with one attached hydrogen (secondary N) is 1. The van der Waals surface area contributed by atoms with Crippen LogP contribution in [0.3, 0.4) is 0 Å². The second-order valence-electron chi connectivity index (χ2n) is 21.6. The van der Waals surface area contributed by atoms with E-state index in [0.717, 1.165) is 0 Å². The molecule has 4 aliphatic rings. The van der Waals surface area contributed by atoms with Gasteiger partial charge in [0.05, 0.1) is 24.1 Å². The number of carbonyl (C=O) groups excluding carboxylic acids is 6. The Bertz CT molecular complexity index is 2500. The average molecular weight is 966 g/mol. The monoisotopic (exact) mass is 965 g/mol. The first kappa shape index (κ1) is 51.4. The van der Waals surface area contributed by atoms with Crippen molar-refractivity contribution in [2.24, 2.45) is 22.7 Å². The van der Waals surface area contributed by atoms with Crippen molar-refractivity contribution >= 4 is 43.9 Å². The number of benzene rings is 3. The molecule has 7 rings (SSSR count). The van der Waals surface area contributed by atoms with Crippen molar-refractivity contribution in [3.05, 3.63) is 119 Å². The zero-order valence-corrected chi connectivity index (χ0v) is 42.7. The van der Waals surface area contributed by atoms with E-state index in [2.05, 4.69) is 5.32 Å². The minimum Gasteiger partial charge on any atom is -0.456 e. The van der Waals surface area contributed by atoms with Crippen LogP contribution in [0.15, 0.2) is 102 Å². The molecular formula is C54H67NO13Si. The largest absolute Gasteiger partial charge is 0.456 e. The van der Waals surface area contributed by atoms with Crippen LogP contribution in [0.2, 0.25) is 18.1 Å². The molecule has 0 radical (unpaired) electrons. The number of rotatable bonds is 12. The van der Waals surface area contributed by atoms with Gasteiger partial charge < -0.3 is 38.5 Å². The van der Waals surface area contributed by atoms with Gasteiger partial charge in [0.25, 0.3) is 5.91 Å². The molecule has 1 saturated heterocycles. The van der Waals surface area contributed by atoms with E-state index >= 15 is 9.59 Å². The van der Waals surface area contributed by atoms with Crippen LogP contribution in [-0.4, -0.2) is 97.3 Å². The van der Waals surface area contributed by atoms with E-state index in [1.165, 1.54) is 13.8 Å². The first-order valence-corrected chi connectivity index (χ1v) is 26.6. The predicted octanol–water partition coefficient (Wildman–Crippen LogP) is 8.04. The van der Waals surface area contributed by atoms with Crippen LogP contribution in [-0.2, 0) is 47.3 Å². The van der Waals surface area contributed by atoms with Crippen molar-refractivity contribution in [3.8, 4) is 0 Å². The highest BCUT2D eigenvalue weighted by atomic mass is 28.4. The van der Waals surface area contributed by atoms with Crippen LogP contribution in [0.25, 0.3) is 0 Å². The van der Waals surface area contributed by atoms with Crippen LogP contribution < -0.4 is 5.32 Å². The number of Topliss-reactive ketones (excluding diaryl/α,β-unsaturated/α-hetero) is 1.